The number of aliphatic hydroxyl groups is 1. The van der Waals surface area contributed by atoms with E-state index >= 15 is 0 Å². The van der Waals surface area contributed by atoms with Gasteiger partial charge in [0.25, 0.3) is 6.43 Å². The minimum absolute atomic E-state index is 0.0474. The van der Waals surface area contributed by atoms with Crippen molar-refractivity contribution in [1.82, 2.24) is 24.7 Å². The molecule has 0 bridgehead atoms. The van der Waals surface area contributed by atoms with Crippen molar-refractivity contribution < 1.29 is 27.4 Å². The SMILES string of the molecule is COc1cc(F)c(-c2cc(Cn3cnc4cnncc43)c(N3CCC[C@](N)([C@H](O)C(F)F)C3)cn2)cc1F. The number of pyridine rings is 1. The van der Waals surface area contributed by atoms with E-state index in [0.717, 1.165) is 12.1 Å². The van der Waals surface area contributed by atoms with Gasteiger partial charge in [-0.3, -0.25) is 4.98 Å². The van der Waals surface area contributed by atoms with Gasteiger partial charge in [0, 0.05) is 24.7 Å². The Balaban J connectivity index is 1.59. The van der Waals surface area contributed by atoms with Crippen molar-refractivity contribution in [2.75, 3.05) is 25.1 Å². The zero-order valence-electron chi connectivity index (χ0n) is 20.4. The summed E-state index contributed by atoms with van der Waals surface area (Å²) in [4.78, 5) is 10.5. The van der Waals surface area contributed by atoms with Gasteiger partial charge in [0.1, 0.15) is 17.4 Å². The zero-order chi connectivity index (χ0) is 27.0. The van der Waals surface area contributed by atoms with Gasteiger partial charge in [0.15, 0.2) is 11.6 Å². The first kappa shape index (κ1) is 25.8. The molecule has 0 saturated carbocycles. The number of aromatic nitrogens is 5. The molecule has 13 heteroatoms. The van der Waals surface area contributed by atoms with Crippen LogP contribution in [-0.2, 0) is 6.54 Å². The maximum absolute atomic E-state index is 14.9. The van der Waals surface area contributed by atoms with Crippen LogP contribution in [0.1, 0.15) is 18.4 Å². The van der Waals surface area contributed by atoms with E-state index in [4.69, 9.17) is 10.5 Å². The lowest BCUT2D eigenvalue weighted by Crippen LogP contribution is -2.63. The molecular formula is C25H25F4N7O2. The van der Waals surface area contributed by atoms with Gasteiger partial charge in [0.05, 0.1) is 61.0 Å². The smallest absolute Gasteiger partial charge is 0.265 e. The van der Waals surface area contributed by atoms with E-state index in [9.17, 15) is 22.7 Å². The van der Waals surface area contributed by atoms with E-state index in [0.29, 0.717) is 35.2 Å². The number of ether oxygens (including phenoxy) is 1. The fourth-order valence-corrected chi connectivity index (χ4v) is 4.87. The summed E-state index contributed by atoms with van der Waals surface area (Å²) >= 11 is 0. The summed E-state index contributed by atoms with van der Waals surface area (Å²) in [6, 6.07) is 3.56. The normalized spacial score (nSPS) is 18.8. The standard InChI is InChI=1S/C25H25F4N7O2/c1-38-22-7-16(26)15(6-17(22)27)18-5-14(11-36-13-32-19-8-33-34-10-21(19)36)20(9-31-18)35-4-2-3-25(30,12-35)23(37)24(28)29/h5-10,13,23-24,37H,2-4,11-12,30H2,1H3/t23-,25-/m1/s1. The fourth-order valence-electron chi connectivity index (χ4n) is 4.87. The van der Waals surface area contributed by atoms with Crippen LogP contribution in [0, 0.1) is 11.6 Å². The number of fused-ring (bicyclic) bond motifs is 1. The maximum Gasteiger partial charge on any atom is 0.265 e. The van der Waals surface area contributed by atoms with E-state index in [1.165, 1.54) is 19.5 Å². The molecule has 5 rings (SSSR count). The molecule has 1 aromatic carbocycles. The quantitative estimate of drug-likeness (QED) is 0.350. The molecule has 1 aliphatic heterocycles. The number of methoxy groups -OCH3 is 1. The molecule has 1 fully saturated rings. The number of rotatable bonds is 7. The van der Waals surface area contributed by atoms with Crippen molar-refractivity contribution in [2.24, 2.45) is 5.73 Å². The van der Waals surface area contributed by atoms with Crippen LogP contribution in [0.4, 0.5) is 23.2 Å². The average molecular weight is 532 g/mol. The first-order valence-electron chi connectivity index (χ1n) is 11.8. The second-order valence-corrected chi connectivity index (χ2v) is 9.33. The molecule has 4 heterocycles. The summed E-state index contributed by atoms with van der Waals surface area (Å²) in [5, 5.41) is 17.9. The minimum Gasteiger partial charge on any atom is -0.494 e. The highest BCUT2D eigenvalue weighted by Crippen LogP contribution is 2.34. The van der Waals surface area contributed by atoms with Gasteiger partial charge < -0.3 is 25.0 Å². The predicted molar refractivity (Wildman–Crippen MR) is 131 cm³/mol. The number of hydrogen-bond donors (Lipinski definition) is 2. The Hall–Kier alpha value is -3.84. The first-order valence-corrected chi connectivity index (χ1v) is 11.8. The number of nitrogens with zero attached hydrogens (tertiary/aromatic N) is 6. The van der Waals surface area contributed by atoms with Crippen LogP contribution in [0.5, 0.6) is 5.75 Å². The van der Waals surface area contributed by atoms with Crippen molar-refractivity contribution in [3.63, 3.8) is 0 Å². The molecule has 2 atom stereocenters. The summed E-state index contributed by atoms with van der Waals surface area (Å²) < 4.78 is 62.7. The molecule has 9 nitrogen and oxygen atoms in total. The Morgan fingerprint density at radius 2 is 1.89 bits per heavy atom. The van der Waals surface area contributed by atoms with Gasteiger partial charge in [-0.2, -0.15) is 10.2 Å². The van der Waals surface area contributed by atoms with Crippen molar-refractivity contribution >= 4 is 16.7 Å². The Bertz CT molecular complexity index is 1470. The number of halogens is 4. The lowest BCUT2D eigenvalue weighted by Gasteiger charge is -2.44. The van der Waals surface area contributed by atoms with Crippen LogP contribution in [-0.4, -0.2) is 68.1 Å². The third kappa shape index (κ3) is 4.74. The maximum atomic E-state index is 14.9. The van der Waals surface area contributed by atoms with Gasteiger partial charge in [-0.05, 0) is 30.5 Å². The molecular weight excluding hydrogens is 506 g/mol. The highest BCUT2D eigenvalue weighted by Gasteiger charge is 2.43. The van der Waals surface area contributed by atoms with Crippen LogP contribution in [0.25, 0.3) is 22.3 Å². The zero-order valence-corrected chi connectivity index (χ0v) is 20.4. The predicted octanol–water partition coefficient (Wildman–Crippen LogP) is 3.15. The van der Waals surface area contributed by atoms with Crippen molar-refractivity contribution in [3.05, 3.63) is 60.3 Å². The summed E-state index contributed by atoms with van der Waals surface area (Å²) in [5.74, 6) is -1.71. The molecule has 1 saturated heterocycles. The molecule has 0 spiro atoms. The van der Waals surface area contributed by atoms with Gasteiger partial charge in [-0.25, -0.2) is 22.5 Å². The summed E-state index contributed by atoms with van der Waals surface area (Å²) in [6.07, 6.45) is 1.81. The van der Waals surface area contributed by atoms with E-state index in [2.05, 4.69) is 20.2 Å². The van der Waals surface area contributed by atoms with Crippen LogP contribution >= 0.6 is 0 Å². The molecule has 0 unspecified atom stereocenters. The van der Waals surface area contributed by atoms with Gasteiger partial charge in [0.2, 0.25) is 0 Å². The average Bonchev–Trinajstić information content (AvgIpc) is 3.32. The van der Waals surface area contributed by atoms with Gasteiger partial charge >= 0.3 is 0 Å². The summed E-state index contributed by atoms with van der Waals surface area (Å²) in [6.45, 7) is 0.650. The van der Waals surface area contributed by atoms with E-state index in [1.807, 2.05) is 0 Å². The topological polar surface area (TPSA) is 115 Å². The summed E-state index contributed by atoms with van der Waals surface area (Å²) in [5.41, 5.74) is 7.28. The highest BCUT2D eigenvalue weighted by atomic mass is 19.3. The largest absolute Gasteiger partial charge is 0.494 e. The number of aliphatic hydroxyl groups excluding tert-OH is 1. The molecule has 0 aliphatic carbocycles. The Morgan fingerprint density at radius 1 is 1.11 bits per heavy atom. The van der Waals surface area contributed by atoms with Crippen molar-refractivity contribution in [2.45, 2.75) is 37.5 Å². The van der Waals surface area contributed by atoms with Crippen molar-refractivity contribution in [3.8, 4) is 17.0 Å². The van der Waals surface area contributed by atoms with Crippen LogP contribution < -0.4 is 15.4 Å². The van der Waals surface area contributed by atoms with Crippen LogP contribution in [0.15, 0.2) is 43.1 Å². The molecule has 0 radical (unpaired) electrons. The van der Waals surface area contributed by atoms with Crippen molar-refractivity contribution in [1.29, 1.82) is 0 Å². The number of benzene rings is 1. The lowest BCUT2D eigenvalue weighted by atomic mass is 9.84. The molecule has 4 aromatic rings. The summed E-state index contributed by atoms with van der Waals surface area (Å²) in [7, 11) is 1.24. The van der Waals surface area contributed by atoms with E-state index < -0.39 is 29.7 Å². The number of imidazole rings is 1. The third-order valence-corrected chi connectivity index (χ3v) is 6.88. The van der Waals surface area contributed by atoms with Crippen LogP contribution in [0.3, 0.4) is 0 Å². The number of nitrogens with two attached hydrogens (primary N) is 1. The van der Waals surface area contributed by atoms with Gasteiger partial charge in [-0.15, -0.1) is 0 Å². The lowest BCUT2D eigenvalue weighted by molar-refractivity contribution is -0.0529. The minimum atomic E-state index is -2.99. The Morgan fingerprint density at radius 3 is 2.66 bits per heavy atom. The number of alkyl halides is 2. The first-order chi connectivity index (χ1) is 18.2. The second kappa shape index (κ2) is 10.1. The number of piperidine rings is 1. The Labute approximate surface area is 214 Å². The van der Waals surface area contributed by atoms with E-state index in [1.54, 1.807) is 28.1 Å². The molecule has 3 N–H and O–H groups in total. The second-order valence-electron chi connectivity index (χ2n) is 9.33. The van der Waals surface area contributed by atoms with E-state index in [-0.39, 0.29) is 36.5 Å². The number of hydrogen-bond acceptors (Lipinski definition) is 8. The molecule has 200 valence electrons. The fraction of sp³-hybridized carbons (Fsp3) is 0.360. The molecule has 0 amide bonds. The van der Waals surface area contributed by atoms with Gasteiger partial charge in [-0.1, -0.05) is 0 Å². The Kier molecular flexibility index (Phi) is 6.88. The monoisotopic (exact) mass is 531 g/mol. The highest BCUT2D eigenvalue weighted by molar-refractivity contribution is 5.73. The molecule has 3 aromatic heterocycles. The molecule has 1 aliphatic rings. The molecule has 38 heavy (non-hydrogen) atoms. The third-order valence-electron chi connectivity index (χ3n) is 6.88. The van der Waals surface area contributed by atoms with Crippen LogP contribution in [0.2, 0.25) is 0 Å². The number of anilines is 1.